The summed E-state index contributed by atoms with van der Waals surface area (Å²) >= 11 is 7.55. The first-order chi connectivity index (χ1) is 9.78. The number of rotatable bonds is 5. The second-order valence-electron chi connectivity index (χ2n) is 4.20. The summed E-state index contributed by atoms with van der Waals surface area (Å²) in [4.78, 5) is 1.14. The molecule has 104 valence electrons. The first kappa shape index (κ1) is 15.1. The van der Waals surface area contributed by atoms with E-state index in [1.165, 1.54) is 0 Å². The Labute approximate surface area is 128 Å². The molecule has 1 heterocycles. The molecule has 2 aromatic rings. The molecular weight excluding hydrogens is 292 g/mol. The Hall–Kier alpha value is -1.31. The van der Waals surface area contributed by atoms with Gasteiger partial charge in [0, 0.05) is 27.3 Å². The zero-order valence-electron chi connectivity index (χ0n) is 10.9. The second-order valence-corrected chi connectivity index (χ2v) is 5.63. The molecule has 2 rings (SSSR count). The van der Waals surface area contributed by atoms with Crippen LogP contribution in [-0.2, 0) is 18.0 Å². The number of thiophene rings is 1. The molecule has 1 N–H and O–H groups in total. The fourth-order valence-corrected chi connectivity index (χ4v) is 2.60. The lowest BCUT2D eigenvalue weighted by Crippen LogP contribution is -1.92. The van der Waals surface area contributed by atoms with E-state index >= 15 is 0 Å². The van der Waals surface area contributed by atoms with Gasteiger partial charge in [-0.2, -0.15) is 0 Å². The van der Waals surface area contributed by atoms with Crippen molar-refractivity contribution in [3.05, 3.63) is 56.7 Å². The number of aliphatic hydroxyl groups excluding tert-OH is 1. The van der Waals surface area contributed by atoms with Gasteiger partial charge in [-0.05, 0) is 23.8 Å². The summed E-state index contributed by atoms with van der Waals surface area (Å²) < 4.78 is 5.66. The van der Waals surface area contributed by atoms with E-state index in [1.54, 1.807) is 11.3 Å². The zero-order valence-corrected chi connectivity index (χ0v) is 12.5. The van der Waals surface area contributed by atoms with E-state index in [0.717, 1.165) is 21.0 Å². The van der Waals surface area contributed by atoms with Crippen molar-refractivity contribution in [2.45, 2.75) is 19.6 Å². The van der Waals surface area contributed by atoms with Gasteiger partial charge in [-0.15, -0.1) is 11.3 Å². The molecule has 0 unspecified atom stereocenters. The highest BCUT2D eigenvalue weighted by atomic mass is 35.5. The minimum absolute atomic E-state index is 0.104. The lowest BCUT2D eigenvalue weighted by atomic mass is 10.2. The van der Waals surface area contributed by atoms with Crippen LogP contribution in [0.2, 0.25) is 5.02 Å². The van der Waals surface area contributed by atoms with E-state index in [2.05, 4.69) is 11.8 Å². The number of hydrogen-bond acceptors (Lipinski definition) is 3. The molecule has 0 amide bonds. The zero-order chi connectivity index (χ0) is 14.2. The van der Waals surface area contributed by atoms with Crippen LogP contribution in [0.25, 0.3) is 0 Å². The normalized spacial score (nSPS) is 10.1. The Morgan fingerprint density at radius 3 is 2.95 bits per heavy atom. The van der Waals surface area contributed by atoms with E-state index in [1.807, 2.05) is 35.7 Å². The fraction of sp³-hybridized carbons (Fsp3) is 0.250. The third-order valence-corrected chi connectivity index (χ3v) is 3.67. The number of aliphatic hydroxyl groups is 1. The molecule has 0 aliphatic rings. The first-order valence-electron chi connectivity index (χ1n) is 6.27. The van der Waals surface area contributed by atoms with Gasteiger partial charge in [0.15, 0.2) is 0 Å². The van der Waals surface area contributed by atoms with Crippen molar-refractivity contribution in [1.29, 1.82) is 0 Å². The van der Waals surface area contributed by atoms with Crippen molar-refractivity contribution in [3.8, 4) is 11.8 Å². The predicted molar refractivity (Wildman–Crippen MR) is 82.8 cm³/mol. The summed E-state index contributed by atoms with van der Waals surface area (Å²) in [7, 11) is 0. The molecular formula is C16H15ClO2S. The minimum Gasteiger partial charge on any atom is -0.395 e. The molecule has 0 spiro atoms. The summed E-state index contributed by atoms with van der Waals surface area (Å²) in [5, 5.41) is 11.4. The third kappa shape index (κ3) is 4.99. The molecule has 0 atom stereocenters. The molecule has 0 saturated carbocycles. The van der Waals surface area contributed by atoms with E-state index < -0.39 is 0 Å². The van der Waals surface area contributed by atoms with Gasteiger partial charge in [0.05, 0.1) is 19.8 Å². The molecule has 1 aromatic heterocycles. The topological polar surface area (TPSA) is 29.5 Å². The number of halogens is 1. The van der Waals surface area contributed by atoms with E-state index in [-0.39, 0.29) is 6.61 Å². The summed E-state index contributed by atoms with van der Waals surface area (Å²) in [6, 6.07) is 9.68. The van der Waals surface area contributed by atoms with Crippen LogP contribution < -0.4 is 0 Å². The van der Waals surface area contributed by atoms with Crippen LogP contribution >= 0.6 is 22.9 Å². The number of benzene rings is 1. The Morgan fingerprint density at radius 1 is 1.25 bits per heavy atom. The largest absolute Gasteiger partial charge is 0.395 e. The Morgan fingerprint density at radius 2 is 2.15 bits per heavy atom. The van der Waals surface area contributed by atoms with E-state index in [0.29, 0.717) is 19.6 Å². The Bertz CT molecular complexity index is 610. The third-order valence-electron chi connectivity index (χ3n) is 2.53. The quantitative estimate of drug-likeness (QED) is 0.850. The van der Waals surface area contributed by atoms with Crippen LogP contribution in [0.5, 0.6) is 0 Å². The van der Waals surface area contributed by atoms with E-state index in [4.69, 9.17) is 21.4 Å². The van der Waals surface area contributed by atoms with Gasteiger partial charge < -0.3 is 9.84 Å². The molecule has 0 aliphatic carbocycles. The van der Waals surface area contributed by atoms with Gasteiger partial charge in [0.1, 0.15) is 0 Å². The summed E-state index contributed by atoms with van der Waals surface area (Å²) in [5.41, 5.74) is 2.04. The molecule has 0 fully saturated rings. The smallest absolute Gasteiger partial charge is 0.0814 e. The van der Waals surface area contributed by atoms with Gasteiger partial charge in [-0.1, -0.05) is 35.6 Å². The highest BCUT2D eigenvalue weighted by molar-refractivity contribution is 7.10. The standard InChI is InChI=1S/C16H15ClO2S/c17-15-6-3-5-13(8-15)10-19-11-16-9-14(12-20-16)4-1-2-7-18/h3,5-6,8-9,12,18H,2,7,10-11H2. The van der Waals surface area contributed by atoms with Crippen LogP contribution in [0.3, 0.4) is 0 Å². The second kappa shape index (κ2) is 8.08. The monoisotopic (exact) mass is 306 g/mol. The highest BCUT2D eigenvalue weighted by Crippen LogP contribution is 2.17. The van der Waals surface area contributed by atoms with Crippen LogP contribution in [-0.4, -0.2) is 11.7 Å². The van der Waals surface area contributed by atoms with Gasteiger partial charge in [0.25, 0.3) is 0 Å². The maximum atomic E-state index is 8.66. The van der Waals surface area contributed by atoms with E-state index in [9.17, 15) is 0 Å². The lowest BCUT2D eigenvalue weighted by molar-refractivity contribution is 0.109. The van der Waals surface area contributed by atoms with Gasteiger partial charge in [0.2, 0.25) is 0 Å². The van der Waals surface area contributed by atoms with Crippen LogP contribution in [0.1, 0.15) is 22.4 Å². The summed E-state index contributed by atoms with van der Waals surface area (Å²) in [6.45, 7) is 1.22. The number of ether oxygens (including phenoxy) is 1. The van der Waals surface area contributed by atoms with Gasteiger partial charge in [-0.3, -0.25) is 0 Å². The molecule has 2 nitrogen and oxygen atoms in total. The van der Waals surface area contributed by atoms with Crippen LogP contribution in [0.4, 0.5) is 0 Å². The van der Waals surface area contributed by atoms with Crippen molar-refractivity contribution < 1.29 is 9.84 Å². The maximum Gasteiger partial charge on any atom is 0.0814 e. The summed E-state index contributed by atoms with van der Waals surface area (Å²) in [5.74, 6) is 5.91. The Kier molecular flexibility index (Phi) is 6.10. The average molecular weight is 307 g/mol. The van der Waals surface area contributed by atoms with Crippen LogP contribution in [0, 0.1) is 11.8 Å². The number of hydrogen-bond donors (Lipinski definition) is 1. The maximum absolute atomic E-state index is 8.66. The van der Waals surface area contributed by atoms with Crippen molar-refractivity contribution >= 4 is 22.9 Å². The van der Waals surface area contributed by atoms with Gasteiger partial charge in [-0.25, -0.2) is 0 Å². The fourth-order valence-electron chi connectivity index (χ4n) is 1.64. The van der Waals surface area contributed by atoms with Crippen molar-refractivity contribution in [3.63, 3.8) is 0 Å². The molecule has 1 aromatic carbocycles. The first-order valence-corrected chi connectivity index (χ1v) is 7.53. The minimum atomic E-state index is 0.104. The lowest BCUT2D eigenvalue weighted by Gasteiger charge is -2.03. The van der Waals surface area contributed by atoms with Crippen molar-refractivity contribution in [1.82, 2.24) is 0 Å². The van der Waals surface area contributed by atoms with Crippen molar-refractivity contribution in [2.24, 2.45) is 0 Å². The molecule has 20 heavy (non-hydrogen) atoms. The molecule has 0 bridgehead atoms. The summed E-state index contributed by atoms with van der Waals surface area (Å²) in [6.07, 6.45) is 0.510. The average Bonchev–Trinajstić information content (AvgIpc) is 2.87. The SMILES string of the molecule is OCCC#Cc1csc(COCc2cccc(Cl)c2)c1. The predicted octanol–water partition coefficient (Wildman–Crippen LogP) is 3.85. The van der Waals surface area contributed by atoms with Gasteiger partial charge >= 0.3 is 0 Å². The van der Waals surface area contributed by atoms with Crippen molar-refractivity contribution in [2.75, 3.05) is 6.61 Å². The highest BCUT2D eigenvalue weighted by Gasteiger charge is 1.99. The molecule has 0 radical (unpaired) electrons. The molecule has 4 heteroatoms. The Balaban J connectivity index is 1.81. The van der Waals surface area contributed by atoms with Crippen LogP contribution in [0.15, 0.2) is 35.7 Å². The molecule has 0 aliphatic heterocycles. The molecule has 0 saturated heterocycles.